The summed E-state index contributed by atoms with van der Waals surface area (Å²) < 4.78 is 0. The van der Waals surface area contributed by atoms with E-state index < -0.39 is 12.2 Å². The van der Waals surface area contributed by atoms with Crippen LogP contribution in [0.25, 0.3) is 0 Å². The lowest BCUT2D eigenvalue weighted by molar-refractivity contribution is -0.246. The maximum Gasteiger partial charge on any atom is 0.263 e. The van der Waals surface area contributed by atoms with Gasteiger partial charge in [-0.25, -0.2) is 0 Å². The summed E-state index contributed by atoms with van der Waals surface area (Å²) in [5.74, 6) is 0. The molecule has 8 nitrogen and oxygen atoms in total. The second kappa shape index (κ2) is 9.67. The van der Waals surface area contributed by atoms with Crippen LogP contribution in [-0.4, -0.2) is 24.6 Å². The van der Waals surface area contributed by atoms with Gasteiger partial charge in [0.15, 0.2) is 12.4 Å². The lowest BCUT2D eigenvalue weighted by atomic mass is 10.1. The van der Waals surface area contributed by atoms with E-state index in [1.54, 1.807) is 12.4 Å². The number of primary amides is 2. The molecule has 0 aromatic heterocycles. The highest BCUT2D eigenvalue weighted by Crippen LogP contribution is 2.15. The van der Waals surface area contributed by atoms with Gasteiger partial charge in [0.1, 0.15) is 24.6 Å². The van der Waals surface area contributed by atoms with Crippen molar-refractivity contribution in [3.8, 4) is 0 Å². The van der Waals surface area contributed by atoms with Crippen LogP contribution in [0.3, 0.4) is 0 Å². The Balaban J connectivity index is 0.000000380. The second-order valence-corrected chi connectivity index (χ2v) is 2.96. The largest absolute Gasteiger partial charge is 0.530 e. The molecule has 2 amide bonds. The van der Waals surface area contributed by atoms with E-state index in [1.807, 2.05) is 24.3 Å². The predicted octanol–water partition coefficient (Wildman–Crippen LogP) is -1.78. The van der Waals surface area contributed by atoms with Crippen molar-refractivity contribution < 1.29 is 19.8 Å². The van der Waals surface area contributed by atoms with Crippen molar-refractivity contribution in [3.63, 3.8) is 0 Å². The topological polar surface area (TPSA) is 157 Å². The Morgan fingerprint density at radius 3 is 1.40 bits per heavy atom. The molecule has 0 aromatic carbocycles. The Kier molecular flexibility index (Phi) is 8.05. The average molecular weight is 274 g/mol. The highest BCUT2D eigenvalue weighted by molar-refractivity contribution is 5.77. The Labute approximate surface area is 114 Å². The van der Waals surface area contributed by atoms with Crippen LogP contribution < -0.4 is 21.7 Å². The van der Waals surface area contributed by atoms with Crippen molar-refractivity contribution in [2.75, 3.05) is 0 Å². The van der Waals surface area contributed by atoms with Crippen molar-refractivity contribution in [2.24, 2.45) is 21.5 Å². The molecule has 4 N–H and O–H groups in total. The number of nitrogens with two attached hydrogens (primary N) is 2. The van der Waals surface area contributed by atoms with E-state index in [0.29, 0.717) is 0 Å². The third-order valence-electron chi connectivity index (χ3n) is 1.51. The van der Waals surface area contributed by atoms with Crippen LogP contribution >= 0.6 is 0 Å². The predicted molar refractivity (Wildman–Crippen MR) is 67.9 cm³/mol. The molecule has 0 saturated carbocycles. The molecule has 8 heteroatoms. The number of carboxylic acid groups (broad SMARTS) is 2. The number of allylic oxidation sites excluding steroid dienone is 6. The molecule has 0 aromatic rings. The van der Waals surface area contributed by atoms with Crippen LogP contribution in [-0.2, 0) is 0 Å². The third-order valence-corrected chi connectivity index (χ3v) is 1.51. The Morgan fingerprint density at radius 1 is 0.900 bits per heavy atom. The number of nitrogens with zero attached hydrogens (tertiary/aromatic N) is 2. The molecule has 0 radical (unpaired) electrons. The molecule has 0 fully saturated rings. The van der Waals surface area contributed by atoms with Gasteiger partial charge in [-0.3, -0.25) is 0 Å². The molecule has 0 aliphatic carbocycles. The minimum atomic E-state index is -1.58. The average Bonchev–Trinajstić information content (AvgIpc) is 2.39. The van der Waals surface area contributed by atoms with Crippen molar-refractivity contribution in [1.29, 1.82) is 0 Å². The third kappa shape index (κ3) is 9.86. The molecular weight excluding hydrogens is 264 g/mol. The number of hydrogen-bond acceptors (Lipinski definition) is 6. The van der Waals surface area contributed by atoms with Gasteiger partial charge in [0, 0.05) is 0 Å². The molecule has 2 aliphatic rings. The summed E-state index contributed by atoms with van der Waals surface area (Å²) in [5, 5.41) is 17.3. The molecule has 0 saturated heterocycles. The van der Waals surface area contributed by atoms with Gasteiger partial charge in [0.2, 0.25) is 0 Å². The molecule has 0 spiro atoms. The molecule has 2 heterocycles. The summed E-state index contributed by atoms with van der Waals surface area (Å²) in [5.41, 5.74) is 9.68. The second-order valence-electron chi connectivity index (χ2n) is 2.96. The summed E-state index contributed by atoms with van der Waals surface area (Å²) in [6.45, 7) is 0. The SMILES string of the molecule is NC(=O)[O-].NC(=O)[O-].[C+]1=C(C2=[C+]N=CC=C2)C=CC=N1. The number of rotatable bonds is 1. The van der Waals surface area contributed by atoms with Crippen molar-refractivity contribution in [2.45, 2.75) is 0 Å². The first-order valence-electron chi connectivity index (χ1n) is 5.02. The van der Waals surface area contributed by atoms with Crippen LogP contribution in [0.15, 0.2) is 45.4 Å². The summed E-state index contributed by atoms with van der Waals surface area (Å²) in [7, 11) is 0. The summed E-state index contributed by atoms with van der Waals surface area (Å²) >= 11 is 0. The molecule has 20 heavy (non-hydrogen) atoms. The Bertz CT molecular complexity index is 472. The molecule has 0 atom stereocenters. The lowest BCUT2D eigenvalue weighted by Crippen LogP contribution is -2.29. The zero-order chi connectivity index (χ0) is 15.4. The van der Waals surface area contributed by atoms with E-state index in [9.17, 15) is 0 Å². The standard InChI is InChI=1S/C10H6N2.2CH3NO2/c1-3-9(7-11-5-1)10-4-2-6-12-8-10;2*2-1(3)4/h1-6H;2*2H2,(H,3,4)/q+2;;/p-2. The number of hydrogen-bond donors (Lipinski definition) is 2. The van der Waals surface area contributed by atoms with Crippen LogP contribution in [0, 0.1) is 12.4 Å². The fraction of sp³-hybridized carbons (Fsp3) is 0. The lowest BCUT2D eigenvalue weighted by Gasteiger charge is -1.85. The summed E-state index contributed by atoms with van der Waals surface area (Å²) in [6.07, 6.45) is 13.5. The van der Waals surface area contributed by atoms with Gasteiger partial charge in [0.05, 0.1) is 24.3 Å². The summed E-state index contributed by atoms with van der Waals surface area (Å²) in [6, 6.07) is 0. The van der Waals surface area contributed by atoms with Gasteiger partial charge in [-0.1, -0.05) is 9.98 Å². The van der Waals surface area contributed by atoms with Crippen LogP contribution in [0.1, 0.15) is 0 Å². The van der Waals surface area contributed by atoms with Crippen molar-refractivity contribution in [1.82, 2.24) is 0 Å². The van der Waals surface area contributed by atoms with E-state index in [2.05, 4.69) is 33.9 Å². The van der Waals surface area contributed by atoms with Gasteiger partial charge in [-0.05, 0) is 0 Å². The smallest absolute Gasteiger partial charge is 0.263 e. The highest BCUT2D eigenvalue weighted by Gasteiger charge is 2.20. The summed E-state index contributed by atoms with van der Waals surface area (Å²) in [4.78, 5) is 25.1. The maximum absolute atomic E-state index is 8.67. The minimum Gasteiger partial charge on any atom is -0.530 e. The van der Waals surface area contributed by atoms with Gasteiger partial charge >= 0.3 is 0 Å². The fourth-order valence-electron chi connectivity index (χ4n) is 0.953. The van der Waals surface area contributed by atoms with Crippen molar-refractivity contribution in [3.05, 3.63) is 47.9 Å². The molecule has 0 unspecified atom stereocenters. The molecule has 0 bridgehead atoms. The highest BCUT2D eigenvalue weighted by atomic mass is 16.4. The monoisotopic (exact) mass is 274 g/mol. The molecular formula is C12H10N4O4. The minimum absolute atomic E-state index is 0.922. The number of carbonyl (C=O) groups is 2. The van der Waals surface area contributed by atoms with Crippen LogP contribution in [0.5, 0.6) is 0 Å². The van der Waals surface area contributed by atoms with Crippen LogP contribution in [0.2, 0.25) is 0 Å². The zero-order valence-electron chi connectivity index (χ0n) is 10.1. The molecule has 2 aliphatic heterocycles. The molecule has 102 valence electrons. The maximum atomic E-state index is 8.67. The Morgan fingerprint density at radius 2 is 1.20 bits per heavy atom. The van der Waals surface area contributed by atoms with E-state index in [0.717, 1.165) is 11.1 Å². The number of aliphatic imine (C=N–C) groups is 2. The van der Waals surface area contributed by atoms with Gasteiger partial charge in [-0.15, -0.1) is 0 Å². The van der Waals surface area contributed by atoms with E-state index in [1.165, 1.54) is 0 Å². The van der Waals surface area contributed by atoms with E-state index in [-0.39, 0.29) is 0 Å². The first kappa shape index (κ1) is 16.7. The first-order valence-corrected chi connectivity index (χ1v) is 5.02. The zero-order valence-corrected chi connectivity index (χ0v) is 10.1. The van der Waals surface area contributed by atoms with Gasteiger partial charge in [0.25, 0.3) is 11.1 Å². The normalized spacial score (nSPS) is 13.2. The van der Waals surface area contributed by atoms with Gasteiger partial charge in [-0.2, -0.15) is 0 Å². The van der Waals surface area contributed by atoms with E-state index in [4.69, 9.17) is 19.8 Å². The Hall–Kier alpha value is -3.34. The van der Waals surface area contributed by atoms with Gasteiger partial charge < -0.3 is 31.3 Å². The quantitative estimate of drug-likeness (QED) is 0.541. The molecule has 2 rings (SSSR count). The number of carbonyl (C=O) groups excluding carboxylic acids is 2. The fourth-order valence-corrected chi connectivity index (χ4v) is 0.953. The van der Waals surface area contributed by atoms with Crippen LogP contribution in [0.4, 0.5) is 9.59 Å². The first-order chi connectivity index (χ1) is 9.43. The van der Waals surface area contributed by atoms with E-state index >= 15 is 0 Å². The van der Waals surface area contributed by atoms with Crippen molar-refractivity contribution >= 4 is 24.6 Å². The number of amides is 2.